The van der Waals surface area contributed by atoms with Crippen LogP contribution in [0.1, 0.15) is 18.4 Å². The zero-order chi connectivity index (χ0) is 10.3. The molecule has 1 heterocycles. The first-order valence-corrected chi connectivity index (χ1v) is 5.55. The smallest absolute Gasteiger partial charge is 0.112 e. The van der Waals surface area contributed by atoms with Crippen molar-refractivity contribution in [1.29, 1.82) is 5.26 Å². The lowest BCUT2D eigenvalue weighted by molar-refractivity contribution is 0.245. The van der Waals surface area contributed by atoms with Crippen LogP contribution in [0.4, 0.5) is 0 Å². The monoisotopic (exact) mass is 198 g/mol. The van der Waals surface area contributed by atoms with Crippen molar-refractivity contribution < 1.29 is 0 Å². The molecule has 0 radical (unpaired) electrons. The number of piperidine rings is 1. The summed E-state index contributed by atoms with van der Waals surface area (Å²) in [4.78, 5) is 2.35. The lowest BCUT2D eigenvalue weighted by Crippen LogP contribution is -2.32. The molecule has 2 nitrogen and oxygen atoms in total. The van der Waals surface area contributed by atoms with Crippen LogP contribution in [0.5, 0.6) is 0 Å². The summed E-state index contributed by atoms with van der Waals surface area (Å²) in [5.41, 5.74) is 1.23. The molecule has 0 bridgehead atoms. The van der Waals surface area contributed by atoms with Gasteiger partial charge < -0.3 is 0 Å². The molecule has 2 heteroatoms. The van der Waals surface area contributed by atoms with Crippen molar-refractivity contribution >= 4 is 0 Å². The van der Waals surface area contributed by atoms with E-state index in [-0.39, 0.29) is 5.54 Å². The summed E-state index contributed by atoms with van der Waals surface area (Å²) in [6.45, 7) is 2.03. The van der Waals surface area contributed by atoms with Crippen LogP contribution < -0.4 is 0 Å². The van der Waals surface area contributed by atoms with E-state index in [1.807, 2.05) is 6.07 Å². The van der Waals surface area contributed by atoms with Crippen molar-refractivity contribution in [3.63, 3.8) is 0 Å². The number of nitrogens with zero attached hydrogens (tertiary/aromatic N) is 2. The Bertz CT molecular complexity index is 406. The van der Waals surface area contributed by atoms with Gasteiger partial charge in [0.15, 0.2) is 0 Å². The van der Waals surface area contributed by atoms with Crippen molar-refractivity contribution in [2.75, 3.05) is 6.54 Å². The molecule has 76 valence electrons. The molecule has 2 fully saturated rings. The molecule has 0 N–H and O–H groups in total. The van der Waals surface area contributed by atoms with E-state index in [2.05, 4.69) is 35.2 Å². The minimum Gasteiger partial charge on any atom is -0.281 e. The number of benzene rings is 1. The van der Waals surface area contributed by atoms with E-state index in [1.165, 1.54) is 12.0 Å². The third kappa shape index (κ3) is 1.27. The highest BCUT2D eigenvalue weighted by Crippen LogP contribution is 2.55. The van der Waals surface area contributed by atoms with Crippen LogP contribution in [-0.2, 0) is 6.54 Å². The topological polar surface area (TPSA) is 27.0 Å². The fourth-order valence-electron chi connectivity index (χ4n) is 2.79. The summed E-state index contributed by atoms with van der Waals surface area (Å²) in [6.07, 6.45) is 2.30. The molecule has 2 atom stereocenters. The number of hydrogen-bond donors (Lipinski definition) is 0. The molecule has 0 unspecified atom stereocenters. The van der Waals surface area contributed by atoms with Crippen LogP contribution >= 0.6 is 0 Å². The highest BCUT2D eigenvalue weighted by atomic mass is 15.3. The number of nitriles is 1. The van der Waals surface area contributed by atoms with Crippen molar-refractivity contribution in [1.82, 2.24) is 4.90 Å². The zero-order valence-electron chi connectivity index (χ0n) is 8.69. The van der Waals surface area contributed by atoms with E-state index in [0.29, 0.717) is 5.92 Å². The molecule has 15 heavy (non-hydrogen) atoms. The van der Waals surface area contributed by atoms with Gasteiger partial charge in [-0.3, -0.25) is 4.90 Å². The lowest BCUT2D eigenvalue weighted by atomic mass is 10.2. The van der Waals surface area contributed by atoms with Crippen LogP contribution in [0.3, 0.4) is 0 Å². The largest absolute Gasteiger partial charge is 0.281 e. The first-order valence-electron chi connectivity index (χ1n) is 5.55. The Morgan fingerprint density at radius 1 is 1.40 bits per heavy atom. The first-order chi connectivity index (χ1) is 7.35. The second-order valence-corrected chi connectivity index (χ2v) is 4.63. The third-order valence-electron chi connectivity index (χ3n) is 3.79. The minimum atomic E-state index is -0.0875. The molecule has 3 rings (SSSR count). The Morgan fingerprint density at radius 3 is 2.87 bits per heavy atom. The van der Waals surface area contributed by atoms with Gasteiger partial charge in [-0.15, -0.1) is 0 Å². The van der Waals surface area contributed by atoms with Crippen molar-refractivity contribution in [2.45, 2.75) is 24.9 Å². The Balaban J connectivity index is 1.78. The maximum atomic E-state index is 9.22. The van der Waals surface area contributed by atoms with E-state index < -0.39 is 0 Å². The molecule has 1 aliphatic carbocycles. The molecule has 1 saturated heterocycles. The summed E-state index contributed by atoms with van der Waals surface area (Å²) in [5, 5.41) is 9.22. The molecular formula is C13H14N2. The number of rotatable bonds is 2. The normalized spacial score (nSPS) is 33.4. The van der Waals surface area contributed by atoms with Crippen LogP contribution in [0, 0.1) is 17.2 Å². The molecule has 0 spiro atoms. The Hall–Kier alpha value is -1.33. The summed E-state index contributed by atoms with van der Waals surface area (Å²) >= 11 is 0. The average Bonchev–Trinajstić information content (AvgIpc) is 2.92. The maximum absolute atomic E-state index is 9.22. The highest BCUT2D eigenvalue weighted by Gasteiger charge is 2.62. The van der Waals surface area contributed by atoms with Crippen molar-refractivity contribution in [3.8, 4) is 6.07 Å². The molecule has 1 aromatic carbocycles. The van der Waals surface area contributed by atoms with Gasteiger partial charge >= 0.3 is 0 Å². The maximum Gasteiger partial charge on any atom is 0.112 e. The van der Waals surface area contributed by atoms with E-state index in [1.54, 1.807) is 0 Å². The summed E-state index contributed by atoms with van der Waals surface area (Å²) in [7, 11) is 0. The van der Waals surface area contributed by atoms with Crippen molar-refractivity contribution in [3.05, 3.63) is 35.9 Å². The Morgan fingerprint density at radius 2 is 2.20 bits per heavy atom. The van der Waals surface area contributed by atoms with Crippen molar-refractivity contribution in [2.24, 2.45) is 5.92 Å². The van der Waals surface area contributed by atoms with Gasteiger partial charge in [0.25, 0.3) is 0 Å². The van der Waals surface area contributed by atoms with Gasteiger partial charge in [0.1, 0.15) is 5.54 Å². The zero-order valence-corrected chi connectivity index (χ0v) is 8.69. The SMILES string of the molecule is N#C[C@]12C[C@@H]1CCN2Cc1ccccc1. The van der Waals surface area contributed by atoms with Gasteiger partial charge in [0, 0.05) is 13.1 Å². The van der Waals surface area contributed by atoms with Crippen LogP contribution in [0.15, 0.2) is 30.3 Å². The second-order valence-electron chi connectivity index (χ2n) is 4.63. The standard InChI is InChI=1S/C13H14N2/c14-10-13-8-12(13)6-7-15(13)9-11-4-2-1-3-5-11/h1-5,12H,6-9H2/t12-,13+/m0/s1. The van der Waals surface area contributed by atoms with E-state index in [4.69, 9.17) is 0 Å². The fourth-order valence-corrected chi connectivity index (χ4v) is 2.79. The van der Waals surface area contributed by atoms with Crippen LogP contribution in [-0.4, -0.2) is 17.0 Å². The van der Waals surface area contributed by atoms with Gasteiger partial charge in [-0.2, -0.15) is 5.26 Å². The van der Waals surface area contributed by atoms with E-state index >= 15 is 0 Å². The molecule has 0 amide bonds. The lowest BCUT2D eigenvalue weighted by Gasteiger charge is -2.22. The molecule has 0 aromatic heterocycles. The fraction of sp³-hybridized carbons (Fsp3) is 0.462. The predicted molar refractivity (Wildman–Crippen MR) is 57.9 cm³/mol. The average molecular weight is 198 g/mol. The summed E-state index contributed by atoms with van der Waals surface area (Å²) in [5.74, 6) is 0.659. The van der Waals surface area contributed by atoms with Crippen LogP contribution in [0.2, 0.25) is 0 Å². The first kappa shape index (κ1) is 8.94. The molecule has 1 aliphatic heterocycles. The van der Waals surface area contributed by atoms with Gasteiger partial charge in [0.05, 0.1) is 6.07 Å². The summed E-state index contributed by atoms with van der Waals surface area (Å²) < 4.78 is 0. The second kappa shape index (κ2) is 3.08. The van der Waals surface area contributed by atoms with E-state index in [0.717, 1.165) is 19.5 Å². The Labute approximate surface area is 90.1 Å². The Kier molecular flexibility index (Phi) is 1.83. The summed E-state index contributed by atoms with van der Waals surface area (Å²) in [6, 6.07) is 13.0. The van der Waals surface area contributed by atoms with Gasteiger partial charge in [-0.1, -0.05) is 30.3 Å². The van der Waals surface area contributed by atoms with Crippen LogP contribution in [0.25, 0.3) is 0 Å². The number of hydrogen-bond acceptors (Lipinski definition) is 2. The molecule has 2 aliphatic rings. The molecular weight excluding hydrogens is 184 g/mol. The third-order valence-corrected chi connectivity index (χ3v) is 3.79. The molecule has 1 saturated carbocycles. The predicted octanol–water partition coefficient (Wildman–Crippen LogP) is 2.17. The molecule has 1 aromatic rings. The minimum absolute atomic E-state index is 0.0875. The van der Waals surface area contributed by atoms with E-state index in [9.17, 15) is 5.26 Å². The van der Waals surface area contributed by atoms with Gasteiger partial charge in [-0.05, 0) is 24.3 Å². The number of likely N-dealkylation sites (tertiary alicyclic amines) is 1. The quantitative estimate of drug-likeness (QED) is 0.728. The van der Waals surface area contributed by atoms with Gasteiger partial charge in [0.2, 0.25) is 0 Å². The number of fused-ring (bicyclic) bond motifs is 1. The highest BCUT2D eigenvalue weighted by molar-refractivity contribution is 5.29. The van der Waals surface area contributed by atoms with Gasteiger partial charge in [-0.25, -0.2) is 0 Å².